The molecule has 1 atom stereocenters. The number of hydrogen-bond donors (Lipinski definition) is 0. The Hall–Kier alpha value is -1.59. The van der Waals surface area contributed by atoms with Crippen molar-refractivity contribution in [1.82, 2.24) is 0 Å². The lowest BCUT2D eigenvalue weighted by molar-refractivity contribution is -0.167. The SMILES string of the molecule is CC(C)CCCCCCCCCCCCCCCCC(=O)OC[C@@H](COC(=O)CCCCCCCCCCCCC(C)C)OC(=O)CCCCCCCCCCCCCCCC(C)C. The summed E-state index contributed by atoms with van der Waals surface area (Å²) in [7, 11) is 0. The van der Waals surface area contributed by atoms with Crippen LogP contribution in [0.2, 0.25) is 0 Å². The van der Waals surface area contributed by atoms with E-state index >= 15 is 0 Å². The molecule has 380 valence electrons. The zero-order valence-corrected chi connectivity index (χ0v) is 44.1. The summed E-state index contributed by atoms with van der Waals surface area (Å²) in [6, 6.07) is 0. The molecule has 64 heavy (non-hydrogen) atoms. The van der Waals surface area contributed by atoms with E-state index in [4.69, 9.17) is 14.2 Å². The molecular weight excluding hydrogens is 793 g/mol. The van der Waals surface area contributed by atoms with Crippen molar-refractivity contribution in [2.45, 2.75) is 324 Å². The highest BCUT2D eigenvalue weighted by molar-refractivity contribution is 5.71. The summed E-state index contributed by atoms with van der Waals surface area (Å²) >= 11 is 0. The predicted octanol–water partition coefficient (Wildman–Crippen LogP) is 18.7. The van der Waals surface area contributed by atoms with Gasteiger partial charge in [-0.1, -0.05) is 279 Å². The molecule has 0 heterocycles. The molecule has 6 heteroatoms. The highest BCUT2D eigenvalue weighted by Crippen LogP contribution is 2.18. The minimum absolute atomic E-state index is 0.0636. The van der Waals surface area contributed by atoms with Crippen molar-refractivity contribution in [3.8, 4) is 0 Å². The van der Waals surface area contributed by atoms with Crippen LogP contribution in [0.4, 0.5) is 0 Å². The quantitative estimate of drug-likeness (QED) is 0.0344. The lowest BCUT2D eigenvalue weighted by atomic mass is 10.0. The maximum Gasteiger partial charge on any atom is 0.306 e. The highest BCUT2D eigenvalue weighted by Gasteiger charge is 2.19. The number of esters is 3. The van der Waals surface area contributed by atoms with Crippen molar-refractivity contribution in [2.24, 2.45) is 17.8 Å². The van der Waals surface area contributed by atoms with E-state index in [-0.39, 0.29) is 31.1 Å². The van der Waals surface area contributed by atoms with E-state index in [1.165, 1.54) is 199 Å². The summed E-state index contributed by atoms with van der Waals surface area (Å²) in [4.78, 5) is 38.1. The van der Waals surface area contributed by atoms with Gasteiger partial charge < -0.3 is 14.2 Å². The van der Waals surface area contributed by atoms with Gasteiger partial charge in [0.25, 0.3) is 0 Å². The third-order valence-corrected chi connectivity index (χ3v) is 13.1. The van der Waals surface area contributed by atoms with Gasteiger partial charge in [-0.2, -0.15) is 0 Å². The Morgan fingerprint density at radius 3 is 0.672 bits per heavy atom. The Morgan fingerprint density at radius 1 is 0.266 bits per heavy atom. The molecule has 0 fully saturated rings. The topological polar surface area (TPSA) is 78.9 Å². The summed E-state index contributed by atoms with van der Waals surface area (Å²) in [5.74, 6) is 1.66. The molecule has 0 unspecified atom stereocenters. The number of ether oxygens (including phenoxy) is 3. The normalized spacial score (nSPS) is 12.1. The third kappa shape index (κ3) is 51.4. The second-order valence-electron chi connectivity index (χ2n) is 21.4. The Kier molecular flexibility index (Phi) is 48.1. The first-order chi connectivity index (χ1) is 31.1. The average molecular weight is 906 g/mol. The van der Waals surface area contributed by atoms with Crippen LogP contribution in [-0.2, 0) is 28.6 Å². The van der Waals surface area contributed by atoms with Crippen LogP contribution in [0.3, 0.4) is 0 Å². The summed E-state index contributed by atoms with van der Waals surface area (Å²) in [6.07, 6.45) is 50.9. The first kappa shape index (κ1) is 62.4. The molecule has 0 aliphatic rings. The van der Waals surface area contributed by atoms with Crippen LogP contribution in [0.15, 0.2) is 0 Å². The van der Waals surface area contributed by atoms with Gasteiger partial charge in [-0.15, -0.1) is 0 Å². The zero-order chi connectivity index (χ0) is 47.0. The molecule has 0 aromatic heterocycles. The van der Waals surface area contributed by atoms with Crippen molar-refractivity contribution < 1.29 is 28.6 Å². The van der Waals surface area contributed by atoms with Crippen LogP contribution >= 0.6 is 0 Å². The molecule has 0 aliphatic heterocycles. The van der Waals surface area contributed by atoms with Crippen molar-refractivity contribution in [3.63, 3.8) is 0 Å². The lowest BCUT2D eigenvalue weighted by Gasteiger charge is -2.18. The van der Waals surface area contributed by atoms with Crippen LogP contribution in [0.25, 0.3) is 0 Å². The van der Waals surface area contributed by atoms with Gasteiger partial charge in [0.2, 0.25) is 0 Å². The van der Waals surface area contributed by atoms with Gasteiger partial charge in [0.05, 0.1) is 0 Å². The van der Waals surface area contributed by atoms with Crippen molar-refractivity contribution in [2.75, 3.05) is 13.2 Å². The van der Waals surface area contributed by atoms with Crippen molar-refractivity contribution in [3.05, 3.63) is 0 Å². The Bertz CT molecular complexity index is 991. The largest absolute Gasteiger partial charge is 0.462 e. The van der Waals surface area contributed by atoms with Crippen LogP contribution in [0.5, 0.6) is 0 Å². The number of rotatable bonds is 51. The summed E-state index contributed by atoms with van der Waals surface area (Å²) < 4.78 is 16.9. The second-order valence-corrected chi connectivity index (χ2v) is 21.4. The molecule has 0 saturated carbocycles. The van der Waals surface area contributed by atoms with E-state index in [2.05, 4.69) is 41.5 Å². The molecule has 0 aromatic rings. The summed E-state index contributed by atoms with van der Waals surface area (Å²) in [6.45, 7) is 13.8. The number of unbranched alkanes of at least 4 members (excludes halogenated alkanes) is 34. The molecule has 0 N–H and O–H groups in total. The molecule has 0 amide bonds. The van der Waals surface area contributed by atoms with E-state index in [9.17, 15) is 14.4 Å². The van der Waals surface area contributed by atoms with Crippen molar-refractivity contribution >= 4 is 17.9 Å². The fourth-order valence-electron chi connectivity index (χ4n) is 8.82. The number of carbonyl (C=O) groups excluding carboxylic acids is 3. The fraction of sp³-hybridized carbons (Fsp3) is 0.948. The van der Waals surface area contributed by atoms with Gasteiger partial charge in [-0.25, -0.2) is 0 Å². The van der Waals surface area contributed by atoms with Crippen LogP contribution in [-0.4, -0.2) is 37.2 Å². The van der Waals surface area contributed by atoms with E-state index < -0.39 is 6.10 Å². The molecule has 0 rings (SSSR count). The van der Waals surface area contributed by atoms with E-state index in [1.54, 1.807) is 0 Å². The van der Waals surface area contributed by atoms with Crippen LogP contribution in [0, 0.1) is 17.8 Å². The second kappa shape index (κ2) is 49.3. The van der Waals surface area contributed by atoms with Gasteiger partial charge in [-0.3, -0.25) is 14.4 Å². The lowest BCUT2D eigenvalue weighted by Crippen LogP contribution is -2.30. The maximum atomic E-state index is 12.8. The fourth-order valence-corrected chi connectivity index (χ4v) is 8.82. The summed E-state index contributed by atoms with van der Waals surface area (Å²) in [5.41, 5.74) is 0. The molecule has 6 nitrogen and oxygen atoms in total. The molecule has 0 aromatic carbocycles. The monoisotopic (exact) mass is 905 g/mol. The number of carbonyl (C=O) groups is 3. The Labute approximate surface area is 399 Å². The first-order valence-electron chi connectivity index (χ1n) is 28.6. The van der Waals surface area contributed by atoms with E-state index in [0.717, 1.165) is 75.5 Å². The standard InChI is InChI=1S/C58H112O6/c1-52(2)44-38-32-26-20-14-10-7-8-12-16-23-29-35-41-47-56(59)62-50-55(51-63-57(60)48-42-36-30-24-19-18-22-28-34-40-46-54(5)6)64-58(61)49-43-37-31-25-17-13-9-11-15-21-27-33-39-45-53(3)4/h52-55H,7-51H2,1-6H3/t55-/m0/s1. The van der Waals surface area contributed by atoms with Crippen LogP contribution in [0.1, 0.15) is 318 Å². The van der Waals surface area contributed by atoms with E-state index in [1.807, 2.05) is 0 Å². The molecule has 0 saturated heterocycles. The predicted molar refractivity (Wildman–Crippen MR) is 275 cm³/mol. The van der Waals surface area contributed by atoms with E-state index in [0.29, 0.717) is 19.3 Å². The van der Waals surface area contributed by atoms with Gasteiger partial charge in [0.15, 0.2) is 6.10 Å². The Morgan fingerprint density at radius 2 is 0.453 bits per heavy atom. The minimum atomic E-state index is -0.763. The van der Waals surface area contributed by atoms with Crippen molar-refractivity contribution in [1.29, 1.82) is 0 Å². The highest BCUT2D eigenvalue weighted by atomic mass is 16.6. The Balaban J connectivity index is 4.30. The number of hydrogen-bond acceptors (Lipinski definition) is 6. The minimum Gasteiger partial charge on any atom is -0.462 e. The average Bonchev–Trinajstić information content (AvgIpc) is 3.25. The molecule has 0 radical (unpaired) electrons. The van der Waals surface area contributed by atoms with Gasteiger partial charge in [-0.05, 0) is 37.0 Å². The summed E-state index contributed by atoms with van der Waals surface area (Å²) in [5, 5.41) is 0. The molecular formula is C58H112O6. The maximum absolute atomic E-state index is 12.8. The van der Waals surface area contributed by atoms with Gasteiger partial charge in [0.1, 0.15) is 13.2 Å². The molecule has 0 bridgehead atoms. The zero-order valence-electron chi connectivity index (χ0n) is 44.1. The third-order valence-electron chi connectivity index (χ3n) is 13.1. The molecule has 0 spiro atoms. The smallest absolute Gasteiger partial charge is 0.306 e. The molecule has 0 aliphatic carbocycles. The van der Waals surface area contributed by atoms with Gasteiger partial charge in [0, 0.05) is 19.3 Å². The van der Waals surface area contributed by atoms with Crippen LogP contribution < -0.4 is 0 Å². The van der Waals surface area contributed by atoms with Gasteiger partial charge >= 0.3 is 17.9 Å². The first-order valence-corrected chi connectivity index (χ1v) is 28.6.